The predicted octanol–water partition coefficient (Wildman–Crippen LogP) is 1.54. The Hall–Kier alpha value is -1.36. The van der Waals surface area contributed by atoms with Crippen LogP contribution in [0.1, 0.15) is 38.9 Å². The van der Waals surface area contributed by atoms with Gasteiger partial charge in [-0.25, -0.2) is 4.98 Å². The van der Waals surface area contributed by atoms with Crippen molar-refractivity contribution >= 4 is 5.91 Å². The summed E-state index contributed by atoms with van der Waals surface area (Å²) in [4.78, 5) is 21.1. The van der Waals surface area contributed by atoms with Crippen molar-refractivity contribution in [2.75, 3.05) is 13.1 Å². The Morgan fingerprint density at radius 2 is 2.42 bits per heavy atom. The number of imidazole rings is 1. The molecule has 2 heterocycles. The summed E-state index contributed by atoms with van der Waals surface area (Å²) in [5.74, 6) is 1.80. The molecule has 5 heteroatoms. The Morgan fingerprint density at radius 1 is 1.58 bits per heavy atom. The number of rotatable bonds is 5. The summed E-state index contributed by atoms with van der Waals surface area (Å²) < 4.78 is 0. The third-order valence-electron chi connectivity index (χ3n) is 4.00. The van der Waals surface area contributed by atoms with Crippen molar-refractivity contribution < 1.29 is 4.79 Å². The van der Waals surface area contributed by atoms with Crippen LogP contribution in [0.3, 0.4) is 0 Å². The lowest BCUT2D eigenvalue weighted by molar-refractivity contribution is -0.133. The topological polar surface area (TPSA) is 61.0 Å². The second kappa shape index (κ2) is 6.70. The number of aromatic nitrogens is 2. The summed E-state index contributed by atoms with van der Waals surface area (Å²) in [5.41, 5.74) is 0. The number of nitrogens with one attached hydrogen (secondary N) is 2. The van der Waals surface area contributed by atoms with E-state index < -0.39 is 0 Å². The van der Waals surface area contributed by atoms with Crippen molar-refractivity contribution in [3.8, 4) is 0 Å². The van der Waals surface area contributed by atoms with Gasteiger partial charge in [0.15, 0.2) is 0 Å². The van der Waals surface area contributed by atoms with Gasteiger partial charge in [0.05, 0.1) is 6.54 Å². The standard InChI is InChI=1S/C14H24N4O/c1-3-11-10-18(14(19)4-2)8-5-12(11)17-9-13-15-6-7-16-13/h6-7,11-12,17H,3-5,8-10H2,1-2H3,(H,15,16). The maximum atomic E-state index is 11.8. The zero-order valence-electron chi connectivity index (χ0n) is 11.9. The van der Waals surface area contributed by atoms with E-state index in [4.69, 9.17) is 0 Å². The van der Waals surface area contributed by atoms with Crippen LogP contribution in [0.15, 0.2) is 12.4 Å². The first-order chi connectivity index (χ1) is 9.24. The lowest BCUT2D eigenvalue weighted by Crippen LogP contribution is -2.50. The van der Waals surface area contributed by atoms with E-state index in [1.807, 2.05) is 18.0 Å². The van der Waals surface area contributed by atoms with Crippen molar-refractivity contribution in [1.29, 1.82) is 0 Å². The van der Waals surface area contributed by atoms with Gasteiger partial charge >= 0.3 is 0 Å². The molecule has 5 nitrogen and oxygen atoms in total. The highest BCUT2D eigenvalue weighted by Crippen LogP contribution is 2.21. The van der Waals surface area contributed by atoms with Gasteiger partial charge in [-0.05, 0) is 12.3 Å². The van der Waals surface area contributed by atoms with E-state index in [1.165, 1.54) is 0 Å². The van der Waals surface area contributed by atoms with E-state index >= 15 is 0 Å². The number of nitrogens with zero attached hydrogens (tertiary/aromatic N) is 2. The minimum atomic E-state index is 0.280. The number of aromatic amines is 1. The Morgan fingerprint density at radius 3 is 3.05 bits per heavy atom. The van der Waals surface area contributed by atoms with E-state index in [0.717, 1.165) is 38.3 Å². The van der Waals surface area contributed by atoms with Crippen molar-refractivity contribution in [3.05, 3.63) is 18.2 Å². The summed E-state index contributed by atoms with van der Waals surface area (Å²) in [5, 5.41) is 3.57. The number of piperidine rings is 1. The zero-order valence-corrected chi connectivity index (χ0v) is 11.9. The van der Waals surface area contributed by atoms with Gasteiger partial charge in [-0.3, -0.25) is 4.79 Å². The van der Waals surface area contributed by atoms with Crippen LogP contribution < -0.4 is 5.32 Å². The molecule has 106 valence electrons. The number of amides is 1. The molecule has 1 aromatic heterocycles. The van der Waals surface area contributed by atoms with Crippen molar-refractivity contribution in [1.82, 2.24) is 20.2 Å². The molecule has 1 aliphatic rings. The van der Waals surface area contributed by atoms with Crippen LogP contribution in [0.2, 0.25) is 0 Å². The summed E-state index contributed by atoms with van der Waals surface area (Å²) in [6, 6.07) is 0.482. The smallest absolute Gasteiger partial charge is 0.222 e. The van der Waals surface area contributed by atoms with Crippen LogP contribution in [0.4, 0.5) is 0 Å². The van der Waals surface area contributed by atoms with Gasteiger partial charge in [0.25, 0.3) is 0 Å². The summed E-state index contributed by atoms with van der Waals surface area (Å²) in [6.07, 6.45) is 6.36. The predicted molar refractivity (Wildman–Crippen MR) is 74.5 cm³/mol. The molecule has 1 saturated heterocycles. The molecule has 2 rings (SSSR count). The van der Waals surface area contributed by atoms with E-state index in [1.54, 1.807) is 6.20 Å². The first-order valence-corrected chi connectivity index (χ1v) is 7.24. The van der Waals surface area contributed by atoms with Gasteiger partial charge in [-0.15, -0.1) is 0 Å². The Labute approximate surface area is 114 Å². The molecule has 1 fully saturated rings. The van der Waals surface area contributed by atoms with Crippen molar-refractivity contribution in [2.45, 2.75) is 45.7 Å². The van der Waals surface area contributed by atoms with Crippen LogP contribution >= 0.6 is 0 Å². The molecule has 0 radical (unpaired) electrons. The third kappa shape index (κ3) is 3.56. The number of H-pyrrole nitrogens is 1. The molecular formula is C14H24N4O. The quantitative estimate of drug-likeness (QED) is 0.848. The van der Waals surface area contributed by atoms with Crippen LogP contribution in [0.25, 0.3) is 0 Å². The van der Waals surface area contributed by atoms with Crippen LogP contribution in [-0.4, -0.2) is 39.9 Å². The van der Waals surface area contributed by atoms with Crippen LogP contribution in [0, 0.1) is 5.92 Å². The number of hydrogen-bond donors (Lipinski definition) is 2. The highest BCUT2D eigenvalue weighted by Gasteiger charge is 2.29. The summed E-state index contributed by atoms with van der Waals surface area (Å²) >= 11 is 0. The van der Waals surface area contributed by atoms with E-state index in [-0.39, 0.29) is 5.91 Å². The monoisotopic (exact) mass is 264 g/mol. The molecule has 2 unspecified atom stereocenters. The molecule has 0 aromatic carbocycles. The largest absolute Gasteiger partial charge is 0.348 e. The molecule has 19 heavy (non-hydrogen) atoms. The fourth-order valence-corrected chi connectivity index (χ4v) is 2.79. The number of carbonyl (C=O) groups is 1. The normalized spacial score (nSPS) is 23.6. The second-order valence-electron chi connectivity index (χ2n) is 5.17. The van der Waals surface area contributed by atoms with Crippen molar-refractivity contribution in [3.63, 3.8) is 0 Å². The lowest BCUT2D eigenvalue weighted by atomic mass is 9.89. The fraction of sp³-hybridized carbons (Fsp3) is 0.714. The first kappa shape index (κ1) is 14.1. The minimum absolute atomic E-state index is 0.280. The first-order valence-electron chi connectivity index (χ1n) is 7.24. The average Bonchev–Trinajstić information content (AvgIpc) is 2.97. The summed E-state index contributed by atoms with van der Waals surface area (Å²) in [7, 11) is 0. The number of carbonyl (C=O) groups excluding carboxylic acids is 1. The molecule has 0 saturated carbocycles. The molecule has 0 spiro atoms. The molecule has 1 amide bonds. The van der Waals surface area contributed by atoms with Gasteiger partial charge in [-0.1, -0.05) is 20.3 Å². The highest BCUT2D eigenvalue weighted by molar-refractivity contribution is 5.75. The van der Waals surface area contributed by atoms with Gasteiger partial charge in [-0.2, -0.15) is 0 Å². The van der Waals surface area contributed by atoms with E-state index in [0.29, 0.717) is 18.4 Å². The van der Waals surface area contributed by atoms with Gasteiger partial charge in [0, 0.05) is 37.9 Å². The van der Waals surface area contributed by atoms with Gasteiger partial charge in [0.1, 0.15) is 5.82 Å². The fourth-order valence-electron chi connectivity index (χ4n) is 2.79. The Bertz CT molecular complexity index is 390. The Kier molecular flexibility index (Phi) is 4.96. The van der Waals surface area contributed by atoms with E-state index in [9.17, 15) is 4.79 Å². The molecule has 1 aliphatic heterocycles. The molecular weight excluding hydrogens is 240 g/mol. The zero-order chi connectivity index (χ0) is 13.7. The molecule has 0 bridgehead atoms. The number of likely N-dealkylation sites (tertiary alicyclic amines) is 1. The highest BCUT2D eigenvalue weighted by atomic mass is 16.2. The number of hydrogen-bond acceptors (Lipinski definition) is 3. The maximum absolute atomic E-state index is 11.8. The minimum Gasteiger partial charge on any atom is -0.348 e. The molecule has 2 atom stereocenters. The molecule has 2 N–H and O–H groups in total. The van der Waals surface area contributed by atoms with E-state index in [2.05, 4.69) is 22.2 Å². The Balaban J connectivity index is 1.86. The SMILES string of the molecule is CCC(=O)N1CCC(NCc2ncc[nH]2)C(CC)C1. The van der Waals surface area contributed by atoms with Gasteiger partial charge in [0.2, 0.25) is 5.91 Å². The maximum Gasteiger partial charge on any atom is 0.222 e. The van der Waals surface area contributed by atoms with Crippen molar-refractivity contribution in [2.24, 2.45) is 5.92 Å². The van der Waals surface area contributed by atoms with Crippen LogP contribution in [-0.2, 0) is 11.3 Å². The molecule has 1 aromatic rings. The molecule has 0 aliphatic carbocycles. The average molecular weight is 264 g/mol. The summed E-state index contributed by atoms with van der Waals surface area (Å²) in [6.45, 7) is 6.67. The van der Waals surface area contributed by atoms with Crippen LogP contribution in [0.5, 0.6) is 0 Å². The van der Waals surface area contributed by atoms with Gasteiger partial charge < -0.3 is 15.2 Å². The third-order valence-corrected chi connectivity index (χ3v) is 4.00. The lowest BCUT2D eigenvalue weighted by Gasteiger charge is -2.38. The second-order valence-corrected chi connectivity index (χ2v) is 5.17.